The minimum atomic E-state index is -0.469. The standard InChI is InChI=1S/C22H24N8O2S/c31-21-17(27-22(32)28-21)9-13-11-24-30-19(25-14-1-2-14)10-16(26-20(13)30)18-4-3-15(33-18)12-29-7-5-23-6-8-29/h3-4,9-11,14,23,31H,1-2,5-8,12H2,(H2,27,28,32). The Hall–Kier alpha value is -3.28. The maximum Gasteiger partial charge on any atom is 0.326 e. The van der Waals surface area contributed by atoms with Crippen LogP contribution < -0.4 is 21.7 Å². The van der Waals surface area contributed by atoms with E-state index in [1.165, 1.54) is 4.88 Å². The highest BCUT2D eigenvalue weighted by Crippen LogP contribution is 2.27. The first-order valence-electron chi connectivity index (χ1n) is 11.1. The number of hydrogen-bond donors (Lipinski definition) is 4. The van der Waals surface area contributed by atoms with Crippen molar-refractivity contribution in [3.63, 3.8) is 0 Å². The molecule has 2 fully saturated rings. The van der Waals surface area contributed by atoms with Crippen LogP contribution in [0.2, 0.25) is 0 Å². The summed E-state index contributed by atoms with van der Waals surface area (Å²) in [6.07, 6.45) is 5.52. The van der Waals surface area contributed by atoms with Gasteiger partial charge in [0.05, 0.1) is 22.8 Å². The Kier molecular flexibility index (Phi) is 5.08. The van der Waals surface area contributed by atoms with Crippen LogP contribution in [0.15, 0.2) is 34.2 Å². The average Bonchev–Trinajstić information content (AvgIpc) is 3.19. The van der Waals surface area contributed by atoms with Crippen LogP contribution in [-0.2, 0) is 6.54 Å². The van der Waals surface area contributed by atoms with Crippen molar-refractivity contribution in [3.8, 4) is 16.5 Å². The molecule has 33 heavy (non-hydrogen) atoms. The van der Waals surface area contributed by atoms with Crippen molar-refractivity contribution in [1.82, 2.24) is 34.8 Å². The number of thiophene rings is 1. The first kappa shape index (κ1) is 20.3. The van der Waals surface area contributed by atoms with Crippen LogP contribution in [0, 0.1) is 0 Å². The first-order chi connectivity index (χ1) is 16.1. The summed E-state index contributed by atoms with van der Waals surface area (Å²) in [6, 6.07) is 6.63. The Bertz CT molecular complexity index is 1490. The fraction of sp³-hybridized carbons (Fsp3) is 0.364. The predicted octanol–water partition coefficient (Wildman–Crippen LogP) is 0.196. The quantitative estimate of drug-likeness (QED) is 0.334. The molecule has 4 N–H and O–H groups in total. The van der Waals surface area contributed by atoms with Crippen molar-refractivity contribution < 1.29 is 5.11 Å². The lowest BCUT2D eigenvalue weighted by atomic mass is 10.3. The monoisotopic (exact) mass is 464 g/mol. The Balaban J connectivity index is 1.43. The molecule has 11 heteroatoms. The SMILES string of the molecule is O=c1[nH]c(O)c(C=c2cnn3c(=NC4CC4)cc(-c4ccc(CN5CCNCC5)s4)nc23)[nH]1. The van der Waals surface area contributed by atoms with Crippen LogP contribution in [0.4, 0.5) is 0 Å². The molecule has 10 nitrogen and oxygen atoms in total. The molecule has 1 saturated heterocycles. The second-order valence-electron chi connectivity index (χ2n) is 8.47. The van der Waals surface area contributed by atoms with E-state index in [0.717, 1.165) is 61.6 Å². The van der Waals surface area contributed by atoms with Crippen LogP contribution in [0.3, 0.4) is 0 Å². The van der Waals surface area contributed by atoms with E-state index in [2.05, 4.69) is 37.4 Å². The van der Waals surface area contributed by atoms with Gasteiger partial charge in [0.2, 0.25) is 5.88 Å². The number of piperazine rings is 1. The van der Waals surface area contributed by atoms with Gasteiger partial charge in [-0.1, -0.05) is 0 Å². The third kappa shape index (κ3) is 4.22. The molecule has 1 aliphatic heterocycles. The lowest BCUT2D eigenvalue weighted by molar-refractivity contribution is 0.235. The summed E-state index contributed by atoms with van der Waals surface area (Å²) in [7, 11) is 0. The van der Waals surface area contributed by atoms with Gasteiger partial charge in [-0.25, -0.2) is 9.78 Å². The van der Waals surface area contributed by atoms with Gasteiger partial charge in [0.25, 0.3) is 0 Å². The number of aromatic nitrogens is 5. The van der Waals surface area contributed by atoms with Gasteiger partial charge in [0.1, 0.15) is 5.69 Å². The zero-order chi connectivity index (χ0) is 22.4. The van der Waals surface area contributed by atoms with Crippen LogP contribution in [0.5, 0.6) is 5.88 Å². The highest BCUT2D eigenvalue weighted by molar-refractivity contribution is 7.15. The average molecular weight is 465 g/mol. The van der Waals surface area contributed by atoms with Gasteiger partial charge >= 0.3 is 5.69 Å². The third-order valence-electron chi connectivity index (χ3n) is 5.88. The van der Waals surface area contributed by atoms with Crippen molar-refractivity contribution in [2.45, 2.75) is 25.4 Å². The van der Waals surface area contributed by atoms with E-state index in [0.29, 0.717) is 16.9 Å². The molecule has 1 aliphatic carbocycles. The number of hydrogen-bond acceptors (Lipinski definition) is 8. The second kappa shape index (κ2) is 8.25. The maximum absolute atomic E-state index is 11.5. The molecule has 6 rings (SSSR count). The number of rotatable bonds is 5. The summed E-state index contributed by atoms with van der Waals surface area (Å²) < 4.78 is 1.73. The number of aromatic hydroxyl groups is 1. The summed E-state index contributed by atoms with van der Waals surface area (Å²) in [4.78, 5) is 31.0. The Morgan fingerprint density at radius 2 is 2.09 bits per heavy atom. The van der Waals surface area contributed by atoms with Crippen molar-refractivity contribution in [2.24, 2.45) is 4.99 Å². The van der Waals surface area contributed by atoms with E-state index in [9.17, 15) is 9.90 Å². The van der Waals surface area contributed by atoms with Crippen molar-refractivity contribution in [3.05, 3.63) is 56.2 Å². The molecule has 0 spiro atoms. The molecule has 4 aromatic rings. The molecule has 0 unspecified atom stereocenters. The van der Waals surface area contributed by atoms with Crippen LogP contribution in [0.1, 0.15) is 23.4 Å². The lowest BCUT2D eigenvalue weighted by Gasteiger charge is -2.26. The number of fused-ring (bicyclic) bond motifs is 1. The molecule has 1 saturated carbocycles. The molecular formula is C22H24N8O2S. The topological polar surface area (TPSA) is 127 Å². The van der Waals surface area contributed by atoms with Gasteiger partial charge < -0.3 is 15.4 Å². The van der Waals surface area contributed by atoms with Gasteiger partial charge in [-0.3, -0.25) is 14.9 Å². The van der Waals surface area contributed by atoms with E-state index in [1.807, 2.05) is 6.07 Å². The molecule has 0 atom stereocenters. The summed E-state index contributed by atoms with van der Waals surface area (Å²) in [5, 5.41) is 18.5. The zero-order valence-electron chi connectivity index (χ0n) is 17.9. The number of nitrogens with zero attached hydrogens (tertiary/aromatic N) is 5. The van der Waals surface area contributed by atoms with E-state index < -0.39 is 5.69 Å². The molecule has 0 bridgehead atoms. The third-order valence-corrected chi connectivity index (χ3v) is 6.97. The molecular weight excluding hydrogens is 440 g/mol. The smallest absolute Gasteiger partial charge is 0.326 e. The van der Waals surface area contributed by atoms with E-state index in [4.69, 9.17) is 9.98 Å². The normalized spacial score (nSPS) is 18.5. The minimum Gasteiger partial charge on any atom is -0.493 e. The van der Waals surface area contributed by atoms with Gasteiger partial charge in [-0.2, -0.15) is 9.61 Å². The molecule has 2 aliphatic rings. The summed E-state index contributed by atoms with van der Waals surface area (Å²) >= 11 is 1.75. The fourth-order valence-electron chi connectivity index (χ4n) is 4.01. The largest absolute Gasteiger partial charge is 0.493 e. The van der Waals surface area contributed by atoms with Crippen molar-refractivity contribution in [1.29, 1.82) is 0 Å². The predicted molar refractivity (Wildman–Crippen MR) is 125 cm³/mol. The van der Waals surface area contributed by atoms with E-state index in [1.54, 1.807) is 28.1 Å². The number of imidazole rings is 1. The highest BCUT2D eigenvalue weighted by Gasteiger charge is 2.21. The molecule has 4 aromatic heterocycles. The molecule has 5 heterocycles. The van der Waals surface area contributed by atoms with E-state index in [-0.39, 0.29) is 11.6 Å². The summed E-state index contributed by atoms with van der Waals surface area (Å²) in [6.45, 7) is 5.13. The van der Waals surface area contributed by atoms with Gasteiger partial charge in [-0.15, -0.1) is 11.3 Å². The Morgan fingerprint density at radius 1 is 1.24 bits per heavy atom. The molecule has 0 radical (unpaired) electrons. The van der Waals surface area contributed by atoms with Crippen LogP contribution >= 0.6 is 11.3 Å². The fourth-order valence-corrected chi connectivity index (χ4v) is 5.02. The van der Waals surface area contributed by atoms with Crippen molar-refractivity contribution in [2.75, 3.05) is 26.2 Å². The first-order valence-corrected chi connectivity index (χ1v) is 11.9. The maximum atomic E-state index is 11.5. The van der Waals surface area contributed by atoms with Crippen molar-refractivity contribution >= 4 is 23.1 Å². The molecule has 0 amide bonds. The number of nitrogens with one attached hydrogen (secondary N) is 3. The summed E-state index contributed by atoms with van der Waals surface area (Å²) in [5.74, 6) is -0.214. The minimum absolute atomic E-state index is 0.214. The number of H-pyrrole nitrogens is 2. The van der Waals surface area contributed by atoms with Crippen LogP contribution in [0.25, 0.3) is 22.3 Å². The summed E-state index contributed by atoms with van der Waals surface area (Å²) in [5.41, 5.74) is 2.06. The van der Waals surface area contributed by atoms with Crippen LogP contribution in [-0.4, -0.2) is 66.8 Å². The zero-order valence-corrected chi connectivity index (χ0v) is 18.7. The van der Waals surface area contributed by atoms with E-state index >= 15 is 0 Å². The molecule has 0 aromatic carbocycles. The van der Waals surface area contributed by atoms with Gasteiger partial charge in [-0.05, 0) is 31.1 Å². The highest BCUT2D eigenvalue weighted by atomic mass is 32.1. The number of aromatic amines is 2. The Morgan fingerprint density at radius 3 is 2.85 bits per heavy atom. The molecule has 170 valence electrons. The van der Waals surface area contributed by atoms with Gasteiger partial charge in [0.15, 0.2) is 11.1 Å². The Labute approximate surface area is 192 Å². The lowest BCUT2D eigenvalue weighted by Crippen LogP contribution is -2.42. The van der Waals surface area contributed by atoms with Gasteiger partial charge in [0, 0.05) is 48.9 Å². The second-order valence-corrected chi connectivity index (χ2v) is 9.64.